The smallest absolute Gasteiger partial charge is 0.0207 e. The van der Waals surface area contributed by atoms with Crippen molar-refractivity contribution in [3.05, 3.63) is 23.3 Å². The molecule has 1 aliphatic carbocycles. The van der Waals surface area contributed by atoms with E-state index in [2.05, 4.69) is 18.8 Å². The maximum atomic E-state index is 4.25. The van der Waals surface area contributed by atoms with Gasteiger partial charge < -0.3 is 5.32 Å². The molecule has 0 unspecified atom stereocenters. The lowest BCUT2D eigenvalue weighted by Gasteiger charge is -2.31. The Labute approximate surface area is 80.9 Å². The SMILES string of the molecule is C=C(C1=C(C)CCNC1)C1CCC1. The molecule has 0 spiro atoms. The van der Waals surface area contributed by atoms with E-state index in [0.29, 0.717) is 0 Å². The van der Waals surface area contributed by atoms with E-state index in [4.69, 9.17) is 0 Å². The highest BCUT2D eigenvalue weighted by Gasteiger charge is 2.24. The monoisotopic (exact) mass is 177 g/mol. The Kier molecular flexibility index (Phi) is 2.54. The van der Waals surface area contributed by atoms with Crippen molar-refractivity contribution in [1.29, 1.82) is 0 Å². The standard InChI is InChI=1S/C12H19N/c1-9-6-7-13-8-12(9)10(2)11-4-3-5-11/h11,13H,2-8H2,1H3. The number of hydrogen-bond donors (Lipinski definition) is 1. The molecule has 13 heavy (non-hydrogen) atoms. The molecule has 2 rings (SSSR count). The molecule has 72 valence electrons. The first-order valence-corrected chi connectivity index (χ1v) is 5.37. The van der Waals surface area contributed by atoms with Crippen LogP contribution < -0.4 is 5.32 Å². The van der Waals surface area contributed by atoms with Crippen LogP contribution in [0.4, 0.5) is 0 Å². The highest BCUT2D eigenvalue weighted by Crippen LogP contribution is 2.37. The number of hydrogen-bond acceptors (Lipinski definition) is 1. The summed E-state index contributed by atoms with van der Waals surface area (Å²) in [6.45, 7) is 8.72. The highest BCUT2D eigenvalue weighted by atomic mass is 14.9. The minimum absolute atomic E-state index is 0.810. The second-order valence-electron chi connectivity index (χ2n) is 4.34. The number of nitrogens with one attached hydrogen (secondary N) is 1. The lowest BCUT2D eigenvalue weighted by atomic mass is 9.76. The molecule has 0 saturated heterocycles. The van der Waals surface area contributed by atoms with Crippen LogP contribution in [-0.2, 0) is 0 Å². The van der Waals surface area contributed by atoms with Crippen molar-refractivity contribution in [3.63, 3.8) is 0 Å². The molecule has 1 aliphatic heterocycles. The lowest BCUT2D eigenvalue weighted by molar-refractivity contribution is 0.369. The fourth-order valence-electron chi connectivity index (χ4n) is 2.18. The van der Waals surface area contributed by atoms with Crippen molar-refractivity contribution in [2.24, 2.45) is 5.92 Å². The summed E-state index contributed by atoms with van der Waals surface area (Å²) in [6.07, 6.45) is 5.36. The third-order valence-corrected chi connectivity index (χ3v) is 3.48. The van der Waals surface area contributed by atoms with Crippen molar-refractivity contribution >= 4 is 0 Å². The van der Waals surface area contributed by atoms with E-state index in [1.807, 2.05) is 0 Å². The predicted molar refractivity (Wildman–Crippen MR) is 56.7 cm³/mol. The van der Waals surface area contributed by atoms with Gasteiger partial charge >= 0.3 is 0 Å². The summed E-state index contributed by atoms with van der Waals surface area (Å²) in [7, 11) is 0. The molecule has 0 aromatic heterocycles. The average molecular weight is 177 g/mol. The molecule has 0 aromatic carbocycles. The maximum absolute atomic E-state index is 4.25. The molecule has 0 radical (unpaired) electrons. The fraction of sp³-hybridized carbons (Fsp3) is 0.667. The van der Waals surface area contributed by atoms with E-state index in [0.717, 1.165) is 19.0 Å². The molecule has 1 heterocycles. The first-order valence-electron chi connectivity index (χ1n) is 5.37. The summed E-state index contributed by atoms with van der Waals surface area (Å²) in [5.41, 5.74) is 4.52. The van der Waals surface area contributed by atoms with Gasteiger partial charge in [0.25, 0.3) is 0 Å². The zero-order valence-electron chi connectivity index (χ0n) is 8.53. The van der Waals surface area contributed by atoms with Crippen molar-refractivity contribution < 1.29 is 0 Å². The number of rotatable bonds is 2. The largest absolute Gasteiger partial charge is 0.312 e. The quantitative estimate of drug-likeness (QED) is 0.683. The molecule has 1 fully saturated rings. The van der Waals surface area contributed by atoms with Crippen molar-refractivity contribution in [2.45, 2.75) is 32.6 Å². The van der Waals surface area contributed by atoms with Crippen LogP contribution in [0.15, 0.2) is 23.3 Å². The zero-order chi connectivity index (χ0) is 9.26. The summed E-state index contributed by atoms with van der Waals surface area (Å²) in [6, 6.07) is 0. The van der Waals surface area contributed by atoms with E-state index < -0.39 is 0 Å². The third kappa shape index (κ3) is 1.71. The van der Waals surface area contributed by atoms with Crippen LogP contribution in [-0.4, -0.2) is 13.1 Å². The van der Waals surface area contributed by atoms with E-state index in [9.17, 15) is 0 Å². The fourth-order valence-corrected chi connectivity index (χ4v) is 2.18. The van der Waals surface area contributed by atoms with Crippen LogP contribution in [0.5, 0.6) is 0 Å². The minimum Gasteiger partial charge on any atom is -0.312 e. The first kappa shape index (κ1) is 9.01. The van der Waals surface area contributed by atoms with Crippen LogP contribution >= 0.6 is 0 Å². The van der Waals surface area contributed by atoms with Gasteiger partial charge in [0.05, 0.1) is 0 Å². The predicted octanol–water partition coefficient (Wildman–Crippen LogP) is 2.65. The van der Waals surface area contributed by atoms with Gasteiger partial charge in [0.1, 0.15) is 0 Å². The lowest BCUT2D eigenvalue weighted by Crippen LogP contribution is -2.28. The Morgan fingerprint density at radius 3 is 2.77 bits per heavy atom. The van der Waals surface area contributed by atoms with Gasteiger partial charge in [-0.1, -0.05) is 18.6 Å². The van der Waals surface area contributed by atoms with Crippen molar-refractivity contribution in [2.75, 3.05) is 13.1 Å². The summed E-state index contributed by atoms with van der Waals surface area (Å²) in [5.74, 6) is 0.810. The third-order valence-electron chi connectivity index (χ3n) is 3.48. The summed E-state index contributed by atoms with van der Waals surface area (Å²) in [4.78, 5) is 0. The van der Waals surface area contributed by atoms with Gasteiger partial charge in [-0.3, -0.25) is 0 Å². The Balaban J connectivity index is 2.08. The van der Waals surface area contributed by atoms with Crippen LogP contribution in [0.1, 0.15) is 32.6 Å². The van der Waals surface area contributed by atoms with Crippen LogP contribution in [0, 0.1) is 5.92 Å². The maximum Gasteiger partial charge on any atom is 0.0207 e. The van der Waals surface area contributed by atoms with Crippen molar-refractivity contribution in [1.82, 2.24) is 5.32 Å². The van der Waals surface area contributed by atoms with Gasteiger partial charge in [-0.05, 0) is 49.8 Å². The van der Waals surface area contributed by atoms with Gasteiger partial charge in [-0.2, -0.15) is 0 Å². The topological polar surface area (TPSA) is 12.0 Å². The van der Waals surface area contributed by atoms with Gasteiger partial charge in [0, 0.05) is 6.54 Å². The van der Waals surface area contributed by atoms with E-state index >= 15 is 0 Å². The Bertz CT molecular complexity index is 246. The molecular formula is C12H19N. The molecule has 0 aromatic rings. The molecule has 0 bridgehead atoms. The Morgan fingerprint density at radius 2 is 2.23 bits per heavy atom. The van der Waals surface area contributed by atoms with Gasteiger partial charge in [-0.15, -0.1) is 0 Å². The minimum atomic E-state index is 0.810. The molecule has 1 nitrogen and oxygen atoms in total. The molecule has 0 atom stereocenters. The summed E-state index contributed by atoms with van der Waals surface area (Å²) < 4.78 is 0. The Hall–Kier alpha value is -0.560. The van der Waals surface area contributed by atoms with Crippen LogP contribution in [0.25, 0.3) is 0 Å². The van der Waals surface area contributed by atoms with Crippen LogP contribution in [0.2, 0.25) is 0 Å². The highest BCUT2D eigenvalue weighted by molar-refractivity contribution is 5.37. The second-order valence-corrected chi connectivity index (χ2v) is 4.34. The molecule has 1 N–H and O–H groups in total. The van der Waals surface area contributed by atoms with Gasteiger partial charge in [-0.25, -0.2) is 0 Å². The molecule has 0 amide bonds. The zero-order valence-corrected chi connectivity index (χ0v) is 8.53. The molecular weight excluding hydrogens is 158 g/mol. The van der Waals surface area contributed by atoms with Gasteiger partial charge in [0.2, 0.25) is 0 Å². The second kappa shape index (κ2) is 3.67. The summed E-state index contributed by atoms with van der Waals surface area (Å²) in [5, 5.41) is 3.43. The van der Waals surface area contributed by atoms with E-state index in [-0.39, 0.29) is 0 Å². The van der Waals surface area contributed by atoms with E-state index in [1.54, 1.807) is 5.57 Å². The average Bonchev–Trinajstić information content (AvgIpc) is 2.01. The molecule has 1 heteroatoms. The van der Waals surface area contributed by atoms with Crippen LogP contribution in [0.3, 0.4) is 0 Å². The van der Waals surface area contributed by atoms with Gasteiger partial charge in [0.15, 0.2) is 0 Å². The summed E-state index contributed by atoms with van der Waals surface area (Å²) >= 11 is 0. The van der Waals surface area contributed by atoms with E-state index in [1.165, 1.54) is 36.8 Å². The molecule has 1 saturated carbocycles. The van der Waals surface area contributed by atoms with Crippen molar-refractivity contribution in [3.8, 4) is 0 Å². The molecule has 2 aliphatic rings. The first-order chi connectivity index (χ1) is 6.29. The normalized spacial score (nSPS) is 24.4. The Morgan fingerprint density at radius 1 is 1.46 bits per heavy atom.